The van der Waals surface area contributed by atoms with Crippen LogP contribution in [-0.4, -0.2) is 55.9 Å². The second-order valence-corrected chi connectivity index (χ2v) is 10.3. The number of amides is 1. The highest BCUT2D eigenvalue weighted by Gasteiger charge is 2.22. The number of anilines is 2. The van der Waals surface area contributed by atoms with Crippen LogP contribution < -0.4 is 16.0 Å². The zero-order valence-corrected chi connectivity index (χ0v) is 23.3. The Kier molecular flexibility index (Phi) is 8.50. The summed E-state index contributed by atoms with van der Waals surface area (Å²) in [5.41, 5.74) is 5.06. The van der Waals surface area contributed by atoms with Crippen molar-refractivity contribution in [1.29, 1.82) is 0 Å². The first-order valence-corrected chi connectivity index (χ1v) is 14.1. The molecular formula is C29H30N8O2S. The Morgan fingerprint density at radius 2 is 1.93 bits per heavy atom. The lowest BCUT2D eigenvalue weighted by atomic mass is 9.93. The van der Waals surface area contributed by atoms with Crippen LogP contribution in [-0.2, 0) is 6.54 Å². The summed E-state index contributed by atoms with van der Waals surface area (Å²) in [5.74, 6) is 1.53. The maximum Gasteiger partial charge on any atom is 0.251 e. The van der Waals surface area contributed by atoms with Crippen LogP contribution in [0.5, 0.6) is 0 Å². The number of oxazole rings is 1. The van der Waals surface area contributed by atoms with Gasteiger partial charge in [-0.3, -0.25) is 9.78 Å². The predicted octanol–water partition coefficient (Wildman–Crippen LogP) is 4.99. The van der Waals surface area contributed by atoms with Crippen molar-refractivity contribution in [3.63, 3.8) is 0 Å². The normalized spacial score (nSPS) is 12.6. The summed E-state index contributed by atoms with van der Waals surface area (Å²) in [6.07, 6.45) is 10.1. The Bertz CT molecular complexity index is 1580. The number of nitrogens with one attached hydrogen (secondary N) is 3. The van der Waals surface area contributed by atoms with E-state index in [1.165, 1.54) is 6.39 Å². The maximum absolute atomic E-state index is 12.4. The summed E-state index contributed by atoms with van der Waals surface area (Å²) in [6, 6.07) is 13.6. The molecule has 10 nitrogen and oxygen atoms in total. The van der Waals surface area contributed by atoms with Crippen molar-refractivity contribution in [2.75, 3.05) is 30.5 Å². The summed E-state index contributed by atoms with van der Waals surface area (Å²) in [7, 11) is 1.64. The Hall–Kier alpha value is -4.51. The molecule has 0 spiro atoms. The van der Waals surface area contributed by atoms with Gasteiger partial charge in [-0.1, -0.05) is 25.1 Å². The van der Waals surface area contributed by atoms with Gasteiger partial charge in [-0.05, 0) is 35.9 Å². The molecule has 0 fully saturated rings. The minimum Gasteiger partial charge on any atom is -0.451 e. The topological polar surface area (TPSA) is 131 Å². The highest BCUT2D eigenvalue weighted by molar-refractivity contribution is 7.99. The number of hydrogen-bond acceptors (Lipinski definition) is 10. The molecule has 204 valence electrons. The maximum atomic E-state index is 12.4. The molecule has 2 atom stereocenters. The van der Waals surface area contributed by atoms with E-state index in [-0.39, 0.29) is 17.1 Å². The average molecular weight is 555 g/mol. The second-order valence-electron chi connectivity index (χ2n) is 9.18. The van der Waals surface area contributed by atoms with Crippen molar-refractivity contribution in [2.24, 2.45) is 0 Å². The number of benzene rings is 1. The number of pyridine rings is 2. The zero-order chi connectivity index (χ0) is 27.9. The third-order valence-corrected chi connectivity index (χ3v) is 7.95. The molecule has 4 heterocycles. The van der Waals surface area contributed by atoms with Crippen LogP contribution in [0.3, 0.4) is 0 Å². The summed E-state index contributed by atoms with van der Waals surface area (Å²) in [6.45, 7) is 3.41. The monoisotopic (exact) mass is 554 g/mol. The Morgan fingerprint density at radius 3 is 2.67 bits per heavy atom. The van der Waals surface area contributed by atoms with E-state index in [0.717, 1.165) is 45.1 Å². The number of aromatic nitrogens is 5. The van der Waals surface area contributed by atoms with Crippen LogP contribution in [0.1, 0.15) is 34.5 Å². The summed E-state index contributed by atoms with van der Waals surface area (Å²) in [4.78, 5) is 34.5. The Balaban J connectivity index is 1.27. The second kappa shape index (κ2) is 12.6. The van der Waals surface area contributed by atoms with Crippen molar-refractivity contribution in [1.82, 2.24) is 30.2 Å². The molecule has 0 aliphatic heterocycles. The summed E-state index contributed by atoms with van der Waals surface area (Å²) < 4.78 is 4.99. The largest absolute Gasteiger partial charge is 0.451 e. The van der Waals surface area contributed by atoms with Crippen LogP contribution in [0.2, 0.25) is 0 Å². The SMILES string of the molecule is CNC(=O)c1ccnc2c([C@H](C)C(CNc3cc(-c4ccc(NCc5cocn5)nc4)ncn3)SC)cccc12. The van der Waals surface area contributed by atoms with Crippen molar-refractivity contribution in [3.05, 3.63) is 90.7 Å². The molecule has 0 aliphatic carbocycles. The molecular weight excluding hydrogens is 524 g/mol. The molecule has 0 saturated carbocycles. The van der Waals surface area contributed by atoms with Crippen LogP contribution in [0.25, 0.3) is 22.2 Å². The van der Waals surface area contributed by atoms with Gasteiger partial charge in [0, 0.05) is 48.3 Å². The molecule has 0 saturated heterocycles. The third kappa shape index (κ3) is 6.04. The standard InChI is InChI=1S/C29H30N8O2S/c1-18(21-5-4-6-22-23(29(38)30-2)9-10-31-28(21)22)25(40-3)14-34-27-11-24(35-16-36-27)19-7-8-26(32-12-19)33-13-20-15-39-17-37-20/h4-12,15-18,25H,13-14H2,1-3H3,(H,30,38)(H,32,33)(H,34,35,36)/t18-,25?/m0/s1. The molecule has 0 bridgehead atoms. The molecule has 5 aromatic rings. The summed E-state index contributed by atoms with van der Waals surface area (Å²) >= 11 is 1.78. The molecule has 0 radical (unpaired) electrons. The number of fused-ring (bicyclic) bond motifs is 1. The van der Waals surface area contributed by atoms with Crippen LogP contribution >= 0.6 is 11.8 Å². The molecule has 11 heteroatoms. The number of para-hydroxylation sites is 1. The van der Waals surface area contributed by atoms with Crippen molar-refractivity contribution >= 4 is 40.2 Å². The highest BCUT2D eigenvalue weighted by atomic mass is 32.2. The van der Waals surface area contributed by atoms with E-state index in [1.54, 1.807) is 49.9 Å². The van der Waals surface area contributed by atoms with E-state index in [2.05, 4.69) is 60.1 Å². The van der Waals surface area contributed by atoms with Gasteiger partial charge in [-0.25, -0.2) is 19.9 Å². The van der Waals surface area contributed by atoms with Gasteiger partial charge in [-0.2, -0.15) is 11.8 Å². The fourth-order valence-electron chi connectivity index (χ4n) is 4.54. The molecule has 3 N–H and O–H groups in total. The quantitative estimate of drug-likeness (QED) is 0.205. The van der Waals surface area contributed by atoms with E-state index in [9.17, 15) is 4.79 Å². The fraction of sp³-hybridized carbons (Fsp3) is 0.241. The number of nitrogens with zero attached hydrogens (tertiary/aromatic N) is 5. The Morgan fingerprint density at radius 1 is 1.02 bits per heavy atom. The van der Waals surface area contributed by atoms with Crippen LogP contribution in [0, 0.1) is 0 Å². The van der Waals surface area contributed by atoms with Gasteiger partial charge in [0.2, 0.25) is 0 Å². The zero-order valence-electron chi connectivity index (χ0n) is 22.5. The van der Waals surface area contributed by atoms with Crippen LogP contribution in [0.4, 0.5) is 11.6 Å². The minimum absolute atomic E-state index is 0.118. The van der Waals surface area contributed by atoms with E-state index >= 15 is 0 Å². The smallest absolute Gasteiger partial charge is 0.251 e. The molecule has 40 heavy (non-hydrogen) atoms. The lowest BCUT2D eigenvalue weighted by Gasteiger charge is -2.24. The number of carbonyl (C=O) groups excluding carboxylic acids is 1. The van der Waals surface area contributed by atoms with Gasteiger partial charge in [0.05, 0.1) is 29.0 Å². The fourth-order valence-corrected chi connectivity index (χ4v) is 5.34. The van der Waals surface area contributed by atoms with Crippen molar-refractivity contribution in [3.8, 4) is 11.3 Å². The van der Waals surface area contributed by atoms with Gasteiger partial charge in [0.15, 0.2) is 6.39 Å². The first-order valence-electron chi connectivity index (χ1n) is 12.8. The molecule has 5 rings (SSSR count). The molecule has 1 aromatic carbocycles. The minimum atomic E-state index is -0.118. The third-order valence-electron chi connectivity index (χ3n) is 6.77. The Labute approximate surface area is 236 Å². The van der Waals surface area contributed by atoms with Gasteiger partial charge in [-0.15, -0.1) is 0 Å². The first-order chi connectivity index (χ1) is 19.6. The van der Waals surface area contributed by atoms with Gasteiger partial charge in [0.25, 0.3) is 5.91 Å². The lowest BCUT2D eigenvalue weighted by Crippen LogP contribution is -2.23. The molecule has 1 amide bonds. The van der Waals surface area contributed by atoms with Gasteiger partial charge >= 0.3 is 0 Å². The lowest BCUT2D eigenvalue weighted by molar-refractivity contribution is 0.0964. The molecule has 1 unspecified atom stereocenters. The number of rotatable bonds is 11. The van der Waals surface area contributed by atoms with Crippen molar-refractivity contribution in [2.45, 2.75) is 24.6 Å². The van der Waals surface area contributed by atoms with E-state index in [0.29, 0.717) is 18.7 Å². The van der Waals surface area contributed by atoms with E-state index in [4.69, 9.17) is 4.42 Å². The molecule has 0 aliphatic rings. The first kappa shape index (κ1) is 27.1. The predicted molar refractivity (Wildman–Crippen MR) is 158 cm³/mol. The average Bonchev–Trinajstić information content (AvgIpc) is 3.53. The highest BCUT2D eigenvalue weighted by Crippen LogP contribution is 2.32. The van der Waals surface area contributed by atoms with Gasteiger partial charge in [0.1, 0.15) is 24.2 Å². The van der Waals surface area contributed by atoms with E-state index < -0.39 is 0 Å². The van der Waals surface area contributed by atoms with Crippen LogP contribution in [0.15, 0.2) is 78.3 Å². The van der Waals surface area contributed by atoms with E-state index in [1.807, 2.05) is 30.3 Å². The van der Waals surface area contributed by atoms with Crippen molar-refractivity contribution < 1.29 is 9.21 Å². The number of thioether (sulfide) groups is 1. The number of hydrogen-bond donors (Lipinski definition) is 3. The number of carbonyl (C=O) groups is 1. The van der Waals surface area contributed by atoms with Gasteiger partial charge < -0.3 is 20.4 Å². The molecule has 4 aromatic heterocycles. The summed E-state index contributed by atoms with van der Waals surface area (Å²) in [5, 5.41) is 10.5.